The molecular formula is C19H27N5O2. The summed E-state index contributed by atoms with van der Waals surface area (Å²) < 4.78 is 1.42. The third-order valence-corrected chi connectivity index (χ3v) is 4.18. The molecule has 1 unspecified atom stereocenters. The van der Waals surface area contributed by atoms with Crippen molar-refractivity contribution in [2.45, 2.75) is 52.6 Å². The minimum absolute atomic E-state index is 0.0314. The Balaban J connectivity index is 1.81. The third kappa shape index (κ3) is 6.31. The van der Waals surface area contributed by atoms with Crippen molar-refractivity contribution < 1.29 is 9.59 Å². The summed E-state index contributed by atoms with van der Waals surface area (Å²) in [5.74, 6) is -0.0184. The molecule has 1 heterocycles. The average Bonchev–Trinajstić information content (AvgIpc) is 3.08. The van der Waals surface area contributed by atoms with E-state index < -0.39 is 0 Å². The van der Waals surface area contributed by atoms with Crippen molar-refractivity contribution in [3.63, 3.8) is 0 Å². The highest BCUT2D eigenvalue weighted by atomic mass is 16.2. The standard InChI is InChI=1S/C19H27N5O2/c1-3-5-11-16(4-2)18(26)22-19-21-14-24(23-19)13-17(25)20-12-15-9-7-6-8-10-15/h6-10,14,16H,3-5,11-13H2,1-2H3,(H,20,25)(H,22,23,26). The number of carbonyl (C=O) groups is 2. The van der Waals surface area contributed by atoms with Crippen molar-refractivity contribution in [1.29, 1.82) is 0 Å². The summed E-state index contributed by atoms with van der Waals surface area (Å²) in [6.07, 6.45) is 5.19. The van der Waals surface area contributed by atoms with Gasteiger partial charge in [-0.1, -0.05) is 57.0 Å². The van der Waals surface area contributed by atoms with Crippen molar-refractivity contribution in [3.8, 4) is 0 Å². The maximum absolute atomic E-state index is 12.3. The molecule has 0 fully saturated rings. The zero-order valence-electron chi connectivity index (χ0n) is 15.4. The van der Waals surface area contributed by atoms with Crippen LogP contribution in [0.2, 0.25) is 0 Å². The highest BCUT2D eigenvalue weighted by Gasteiger charge is 2.17. The van der Waals surface area contributed by atoms with Crippen LogP contribution in [-0.2, 0) is 22.7 Å². The normalized spacial score (nSPS) is 11.8. The van der Waals surface area contributed by atoms with Gasteiger partial charge in [0.2, 0.25) is 17.8 Å². The lowest BCUT2D eigenvalue weighted by molar-refractivity contribution is -0.122. The van der Waals surface area contributed by atoms with Gasteiger partial charge in [0, 0.05) is 12.5 Å². The molecule has 0 radical (unpaired) electrons. The summed E-state index contributed by atoms with van der Waals surface area (Å²) >= 11 is 0. The molecule has 26 heavy (non-hydrogen) atoms. The molecule has 0 aliphatic carbocycles. The van der Waals surface area contributed by atoms with Gasteiger partial charge in [-0.3, -0.25) is 14.9 Å². The fourth-order valence-corrected chi connectivity index (χ4v) is 2.61. The maximum Gasteiger partial charge on any atom is 0.248 e. The minimum atomic E-state index is -0.161. The minimum Gasteiger partial charge on any atom is -0.350 e. The fraction of sp³-hybridized carbons (Fsp3) is 0.474. The molecule has 2 aromatic rings. The van der Waals surface area contributed by atoms with Gasteiger partial charge in [-0.15, -0.1) is 5.10 Å². The molecule has 1 aromatic heterocycles. The number of anilines is 1. The first-order chi connectivity index (χ1) is 12.6. The van der Waals surface area contributed by atoms with Gasteiger partial charge in [0.05, 0.1) is 0 Å². The van der Waals surface area contributed by atoms with Crippen LogP contribution in [0.4, 0.5) is 5.95 Å². The van der Waals surface area contributed by atoms with Gasteiger partial charge in [-0.2, -0.15) is 0 Å². The smallest absolute Gasteiger partial charge is 0.248 e. The molecule has 0 bridgehead atoms. The molecule has 7 heteroatoms. The molecule has 1 atom stereocenters. The number of amides is 2. The van der Waals surface area contributed by atoms with Crippen molar-refractivity contribution >= 4 is 17.8 Å². The third-order valence-electron chi connectivity index (χ3n) is 4.18. The van der Waals surface area contributed by atoms with E-state index in [2.05, 4.69) is 27.6 Å². The maximum atomic E-state index is 12.3. The molecule has 140 valence electrons. The molecule has 0 saturated carbocycles. The van der Waals surface area contributed by atoms with E-state index in [1.165, 1.54) is 11.0 Å². The number of nitrogens with one attached hydrogen (secondary N) is 2. The second kappa shape index (κ2) is 10.3. The van der Waals surface area contributed by atoms with Gasteiger partial charge in [0.15, 0.2) is 0 Å². The van der Waals surface area contributed by atoms with Crippen LogP contribution in [-0.4, -0.2) is 26.6 Å². The largest absolute Gasteiger partial charge is 0.350 e. The lowest BCUT2D eigenvalue weighted by Crippen LogP contribution is -2.27. The van der Waals surface area contributed by atoms with Crippen molar-refractivity contribution in [2.24, 2.45) is 5.92 Å². The van der Waals surface area contributed by atoms with Gasteiger partial charge in [0.1, 0.15) is 12.9 Å². The molecule has 0 saturated heterocycles. The Morgan fingerprint density at radius 1 is 1.19 bits per heavy atom. The quantitative estimate of drug-likeness (QED) is 0.684. The molecule has 0 spiro atoms. The van der Waals surface area contributed by atoms with E-state index in [9.17, 15) is 9.59 Å². The molecule has 0 aliphatic heterocycles. The zero-order chi connectivity index (χ0) is 18.8. The SMILES string of the molecule is CCCCC(CC)C(=O)Nc1ncn(CC(=O)NCc2ccccc2)n1. The van der Waals surface area contributed by atoms with E-state index in [0.717, 1.165) is 31.2 Å². The Hall–Kier alpha value is -2.70. The number of unbranched alkanes of at least 4 members (excludes halogenated alkanes) is 1. The van der Waals surface area contributed by atoms with Gasteiger partial charge in [-0.25, -0.2) is 9.67 Å². The Bertz CT molecular complexity index is 699. The van der Waals surface area contributed by atoms with Crippen LogP contribution in [0.1, 0.15) is 45.1 Å². The number of hydrogen-bond acceptors (Lipinski definition) is 4. The van der Waals surface area contributed by atoms with E-state index in [-0.39, 0.29) is 30.2 Å². The number of hydrogen-bond donors (Lipinski definition) is 2. The van der Waals surface area contributed by atoms with Crippen LogP contribution in [0.3, 0.4) is 0 Å². The summed E-state index contributed by atoms with van der Waals surface area (Å²) in [4.78, 5) is 28.3. The van der Waals surface area contributed by atoms with Crippen LogP contribution in [0.15, 0.2) is 36.7 Å². The molecule has 7 nitrogen and oxygen atoms in total. The van der Waals surface area contributed by atoms with Gasteiger partial charge in [0.25, 0.3) is 0 Å². The lowest BCUT2D eigenvalue weighted by Gasteiger charge is -2.12. The van der Waals surface area contributed by atoms with Crippen LogP contribution >= 0.6 is 0 Å². The molecule has 2 N–H and O–H groups in total. The van der Waals surface area contributed by atoms with E-state index in [4.69, 9.17) is 0 Å². The number of benzene rings is 1. The second-order valence-corrected chi connectivity index (χ2v) is 6.26. The van der Waals surface area contributed by atoms with Crippen molar-refractivity contribution in [2.75, 3.05) is 5.32 Å². The number of aromatic nitrogens is 3. The highest BCUT2D eigenvalue weighted by Crippen LogP contribution is 2.14. The first kappa shape index (κ1) is 19.6. The first-order valence-electron chi connectivity index (χ1n) is 9.13. The Morgan fingerprint density at radius 3 is 2.65 bits per heavy atom. The zero-order valence-corrected chi connectivity index (χ0v) is 15.4. The monoisotopic (exact) mass is 357 g/mol. The van der Waals surface area contributed by atoms with Gasteiger partial charge in [-0.05, 0) is 18.4 Å². The van der Waals surface area contributed by atoms with Crippen LogP contribution in [0, 0.1) is 5.92 Å². The van der Waals surface area contributed by atoms with Crippen LogP contribution in [0.25, 0.3) is 0 Å². The van der Waals surface area contributed by atoms with E-state index in [1.807, 2.05) is 37.3 Å². The Morgan fingerprint density at radius 2 is 1.96 bits per heavy atom. The van der Waals surface area contributed by atoms with Crippen molar-refractivity contribution in [1.82, 2.24) is 20.1 Å². The second-order valence-electron chi connectivity index (χ2n) is 6.26. The van der Waals surface area contributed by atoms with Gasteiger partial charge < -0.3 is 5.32 Å². The summed E-state index contributed by atoms with van der Waals surface area (Å²) in [5.41, 5.74) is 1.03. The summed E-state index contributed by atoms with van der Waals surface area (Å²) in [6.45, 7) is 4.63. The van der Waals surface area contributed by atoms with Crippen LogP contribution < -0.4 is 10.6 Å². The molecule has 2 amide bonds. The summed E-state index contributed by atoms with van der Waals surface area (Å²) in [6, 6.07) is 9.69. The average molecular weight is 357 g/mol. The van der Waals surface area contributed by atoms with Crippen LogP contribution in [0.5, 0.6) is 0 Å². The van der Waals surface area contributed by atoms with Gasteiger partial charge >= 0.3 is 0 Å². The number of rotatable bonds is 10. The lowest BCUT2D eigenvalue weighted by atomic mass is 9.99. The van der Waals surface area contributed by atoms with Crippen molar-refractivity contribution in [3.05, 3.63) is 42.2 Å². The molecule has 1 aromatic carbocycles. The highest BCUT2D eigenvalue weighted by molar-refractivity contribution is 5.90. The first-order valence-corrected chi connectivity index (χ1v) is 9.13. The number of nitrogens with zero attached hydrogens (tertiary/aromatic N) is 3. The molecular weight excluding hydrogens is 330 g/mol. The fourth-order valence-electron chi connectivity index (χ4n) is 2.61. The predicted octanol–water partition coefficient (Wildman–Crippen LogP) is 2.75. The summed E-state index contributed by atoms with van der Waals surface area (Å²) in [5, 5.41) is 9.73. The van der Waals surface area contributed by atoms with E-state index >= 15 is 0 Å². The number of carbonyl (C=O) groups excluding carboxylic acids is 2. The van der Waals surface area contributed by atoms with E-state index in [1.54, 1.807) is 0 Å². The topological polar surface area (TPSA) is 88.9 Å². The van der Waals surface area contributed by atoms with E-state index in [0.29, 0.717) is 6.54 Å². The molecule has 0 aliphatic rings. The molecule has 2 rings (SSSR count). The predicted molar refractivity (Wildman–Crippen MR) is 100 cm³/mol. The Kier molecular flexibility index (Phi) is 7.79. The summed E-state index contributed by atoms with van der Waals surface area (Å²) in [7, 11) is 0. The Labute approximate surface area is 154 Å².